The van der Waals surface area contributed by atoms with Crippen LogP contribution in [0.1, 0.15) is 24.8 Å². The lowest BCUT2D eigenvalue weighted by molar-refractivity contribution is -0.118. The van der Waals surface area contributed by atoms with Gasteiger partial charge in [-0.25, -0.2) is 0 Å². The molecule has 0 saturated heterocycles. The van der Waals surface area contributed by atoms with E-state index in [4.69, 9.17) is 5.11 Å². The lowest BCUT2D eigenvalue weighted by Gasteiger charge is -2.17. The first-order valence-corrected chi connectivity index (χ1v) is 5.59. The highest BCUT2D eigenvalue weighted by Crippen LogP contribution is 2.15. The molecule has 0 aliphatic heterocycles. The van der Waals surface area contributed by atoms with Crippen molar-refractivity contribution in [2.24, 2.45) is 0 Å². The largest absolute Gasteiger partial charge is 0.396 e. The van der Waals surface area contributed by atoms with Crippen molar-refractivity contribution in [3.8, 4) is 0 Å². The summed E-state index contributed by atoms with van der Waals surface area (Å²) in [4.78, 5) is 13.4. The van der Waals surface area contributed by atoms with Gasteiger partial charge in [-0.2, -0.15) is 0 Å². The average molecular weight is 221 g/mol. The van der Waals surface area contributed by atoms with E-state index >= 15 is 0 Å². The highest BCUT2D eigenvalue weighted by Gasteiger charge is 2.09. The highest BCUT2D eigenvalue weighted by atomic mass is 16.3. The van der Waals surface area contributed by atoms with Crippen LogP contribution in [-0.4, -0.2) is 24.7 Å². The third-order valence-electron chi connectivity index (χ3n) is 2.56. The van der Waals surface area contributed by atoms with E-state index in [-0.39, 0.29) is 12.5 Å². The van der Waals surface area contributed by atoms with Crippen LogP contribution in [0.5, 0.6) is 0 Å². The summed E-state index contributed by atoms with van der Waals surface area (Å²) in [5.41, 5.74) is 2.07. The van der Waals surface area contributed by atoms with E-state index in [0.717, 1.165) is 17.7 Å². The molecule has 0 radical (unpaired) electrons. The summed E-state index contributed by atoms with van der Waals surface area (Å²) in [7, 11) is 1.79. The predicted molar refractivity (Wildman–Crippen MR) is 65.5 cm³/mol. The number of nitrogens with zero attached hydrogens (tertiary/aromatic N) is 1. The summed E-state index contributed by atoms with van der Waals surface area (Å²) in [6.07, 6.45) is 1.92. The Labute approximate surface area is 96.7 Å². The lowest BCUT2D eigenvalue weighted by Crippen LogP contribution is -2.25. The molecule has 0 bridgehead atoms. The van der Waals surface area contributed by atoms with Gasteiger partial charge in [-0.15, -0.1) is 0 Å². The zero-order valence-corrected chi connectivity index (χ0v) is 9.94. The molecule has 3 nitrogen and oxygen atoms in total. The Bertz CT molecular complexity index is 350. The maximum atomic E-state index is 11.8. The van der Waals surface area contributed by atoms with E-state index in [9.17, 15) is 4.79 Å². The number of hydrogen-bond acceptors (Lipinski definition) is 2. The predicted octanol–water partition coefficient (Wildman–Crippen LogP) is 2.12. The van der Waals surface area contributed by atoms with Crippen molar-refractivity contribution in [2.45, 2.75) is 26.2 Å². The van der Waals surface area contributed by atoms with E-state index in [1.54, 1.807) is 11.9 Å². The molecular formula is C13H19NO2. The summed E-state index contributed by atoms with van der Waals surface area (Å²) >= 11 is 0. The smallest absolute Gasteiger partial charge is 0.226 e. The van der Waals surface area contributed by atoms with Gasteiger partial charge in [0.15, 0.2) is 0 Å². The molecule has 0 fully saturated rings. The highest BCUT2D eigenvalue weighted by molar-refractivity contribution is 5.92. The second-order valence-electron chi connectivity index (χ2n) is 3.97. The summed E-state index contributed by atoms with van der Waals surface area (Å²) in [6.45, 7) is 2.16. The number of anilines is 1. The average Bonchev–Trinajstić information content (AvgIpc) is 2.28. The fourth-order valence-electron chi connectivity index (χ4n) is 1.54. The molecule has 88 valence electrons. The van der Waals surface area contributed by atoms with Crippen molar-refractivity contribution in [3.05, 3.63) is 29.8 Å². The molecule has 0 spiro atoms. The Morgan fingerprint density at radius 3 is 2.75 bits per heavy atom. The van der Waals surface area contributed by atoms with Gasteiger partial charge in [-0.05, 0) is 37.5 Å². The molecule has 0 saturated carbocycles. The number of carbonyl (C=O) groups excluding carboxylic acids is 1. The van der Waals surface area contributed by atoms with Gasteiger partial charge in [0.05, 0.1) is 0 Å². The standard InChI is InChI=1S/C13H19NO2/c1-11-6-5-7-12(10-11)14(2)13(16)8-3-4-9-15/h5-7,10,15H,3-4,8-9H2,1-2H3. The first-order valence-electron chi connectivity index (χ1n) is 5.59. The molecule has 0 unspecified atom stereocenters. The molecule has 1 N–H and O–H groups in total. The van der Waals surface area contributed by atoms with Gasteiger partial charge >= 0.3 is 0 Å². The van der Waals surface area contributed by atoms with Crippen LogP contribution in [0.4, 0.5) is 5.69 Å². The van der Waals surface area contributed by atoms with Crippen LogP contribution in [0.25, 0.3) is 0 Å². The molecule has 0 aliphatic carbocycles. The molecule has 0 heterocycles. The van der Waals surface area contributed by atoms with Crippen molar-refractivity contribution in [3.63, 3.8) is 0 Å². The fourth-order valence-corrected chi connectivity index (χ4v) is 1.54. The van der Waals surface area contributed by atoms with E-state index in [0.29, 0.717) is 12.8 Å². The molecule has 0 aromatic heterocycles. The molecule has 1 amide bonds. The lowest BCUT2D eigenvalue weighted by atomic mass is 10.2. The van der Waals surface area contributed by atoms with Crippen molar-refractivity contribution < 1.29 is 9.90 Å². The molecule has 0 atom stereocenters. The molecule has 0 aliphatic rings. The number of benzene rings is 1. The van der Waals surface area contributed by atoms with Crippen LogP contribution in [0.15, 0.2) is 24.3 Å². The molecule has 16 heavy (non-hydrogen) atoms. The molecular weight excluding hydrogens is 202 g/mol. The first-order chi connectivity index (χ1) is 7.65. The topological polar surface area (TPSA) is 40.5 Å². The Morgan fingerprint density at radius 1 is 1.38 bits per heavy atom. The summed E-state index contributed by atoms with van der Waals surface area (Å²) < 4.78 is 0. The van der Waals surface area contributed by atoms with Crippen LogP contribution in [-0.2, 0) is 4.79 Å². The van der Waals surface area contributed by atoms with Gasteiger partial charge < -0.3 is 10.0 Å². The Kier molecular flexibility index (Phi) is 4.99. The van der Waals surface area contributed by atoms with Gasteiger partial charge in [-0.1, -0.05) is 12.1 Å². The molecule has 1 rings (SSSR count). The van der Waals surface area contributed by atoms with Crippen molar-refractivity contribution in [1.82, 2.24) is 0 Å². The number of amides is 1. The second kappa shape index (κ2) is 6.28. The fraction of sp³-hybridized carbons (Fsp3) is 0.462. The quantitative estimate of drug-likeness (QED) is 0.774. The van der Waals surface area contributed by atoms with Gasteiger partial charge in [0.25, 0.3) is 0 Å². The minimum Gasteiger partial charge on any atom is -0.396 e. The summed E-state index contributed by atoms with van der Waals surface area (Å²) in [5.74, 6) is 0.0963. The second-order valence-corrected chi connectivity index (χ2v) is 3.97. The van der Waals surface area contributed by atoms with Crippen molar-refractivity contribution in [2.75, 3.05) is 18.6 Å². The summed E-state index contributed by atoms with van der Waals surface area (Å²) in [6, 6.07) is 7.87. The number of aliphatic hydroxyl groups excluding tert-OH is 1. The number of rotatable bonds is 5. The number of unbranched alkanes of at least 4 members (excludes halogenated alkanes) is 1. The van der Waals surface area contributed by atoms with Crippen LogP contribution >= 0.6 is 0 Å². The molecule has 1 aromatic carbocycles. The zero-order valence-electron chi connectivity index (χ0n) is 9.94. The summed E-state index contributed by atoms with van der Waals surface area (Å²) in [5, 5.41) is 8.65. The van der Waals surface area contributed by atoms with E-state index in [1.807, 2.05) is 31.2 Å². The zero-order chi connectivity index (χ0) is 12.0. The molecule has 3 heteroatoms. The SMILES string of the molecule is Cc1cccc(N(C)C(=O)CCCCO)c1. The maximum Gasteiger partial charge on any atom is 0.226 e. The maximum absolute atomic E-state index is 11.8. The Morgan fingerprint density at radius 2 is 2.12 bits per heavy atom. The molecule has 1 aromatic rings. The minimum atomic E-state index is 0.0963. The minimum absolute atomic E-state index is 0.0963. The number of carbonyl (C=O) groups is 1. The monoisotopic (exact) mass is 221 g/mol. The van der Waals surface area contributed by atoms with Crippen LogP contribution in [0.2, 0.25) is 0 Å². The van der Waals surface area contributed by atoms with Crippen LogP contribution < -0.4 is 4.90 Å². The first kappa shape index (κ1) is 12.7. The normalized spacial score (nSPS) is 10.2. The van der Waals surface area contributed by atoms with Crippen molar-refractivity contribution >= 4 is 11.6 Å². The van der Waals surface area contributed by atoms with Gasteiger partial charge in [0.1, 0.15) is 0 Å². The number of aliphatic hydroxyl groups is 1. The third-order valence-corrected chi connectivity index (χ3v) is 2.56. The van der Waals surface area contributed by atoms with Gasteiger partial charge in [0, 0.05) is 25.8 Å². The van der Waals surface area contributed by atoms with E-state index in [2.05, 4.69) is 0 Å². The van der Waals surface area contributed by atoms with E-state index in [1.165, 1.54) is 0 Å². The van der Waals surface area contributed by atoms with Crippen LogP contribution in [0, 0.1) is 6.92 Å². The van der Waals surface area contributed by atoms with E-state index < -0.39 is 0 Å². The van der Waals surface area contributed by atoms with Gasteiger partial charge in [0.2, 0.25) is 5.91 Å². The number of aryl methyl sites for hydroxylation is 1. The Hall–Kier alpha value is -1.35. The van der Waals surface area contributed by atoms with Gasteiger partial charge in [-0.3, -0.25) is 4.79 Å². The van der Waals surface area contributed by atoms with Crippen LogP contribution in [0.3, 0.4) is 0 Å². The Balaban J connectivity index is 2.56. The number of hydrogen-bond donors (Lipinski definition) is 1. The van der Waals surface area contributed by atoms with Crippen molar-refractivity contribution in [1.29, 1.82) is 0 Å². The third kappa shape index (κ3) is 3.66.